The van der Waals surface area contributed by atoms with Crippen molar-refractivity contribution in [1.82, 2.24) is 0 Å². The van der Waals surface area contributed by atoms with Crippen LogP contribution in [0.5, 0.6) is 5.75 Å². The summed E-state index contributed by atoms with van der Waals surface area (Å²) in [5.41, 5.74) is 3.98. The fourth-order valence-electron chi connectivity index (χ4n) is 4.53. The monoisotopic (exact) mass is 470 g/mol. The number of fused-ring (bicyclic) bond motifs is 1. The molecule has 0 aliphatic carbocycles. The van der Waals surface area contributed by atoms with Crippen LogP contribution in [-0.4, -0.2) is 0 Å². The average molecular weight is 470 g/mol. The van der Waals surface area contributed by atoms with E-state index in [0.29, 0.717) is 0 Å². The van der Waals surface area contributed by atoms with Crippen LogP contribution in [0.1, 0.15) is 33.4 Å². The first-order valence-corrected chi connectivity index (χ1v) is 10.7. The van der Waals surface area contributed by atoms with Crippen LogP contribution >= 0.6 is 0 Å². The topological polar surface area (TPSA) is 9.23 Å². The van der Waals surface area contributed by atoms with Gasteiger partial charge >= 0.3 is 12.3 Å². The summed E-state index contributed by atoms with van der Waals surface area (Å²) in [6, 6.07) is 16.2. The minimum atomic E-state index is -4.55. The number of aryl methyl sites for hydroxylation is 4. The first-order chi connectivity index (χ1) is 15.9. The van der Waals surface area contributed by atoms with Crippen molar-refractivity contribution in [2.24, 2.45) is 0 Å². The first kappa shape index (κ1) is 23.7. The van der Waals surface area contributed by atoms with Crippen LogP contribution in [0.4, 0.5) is 22.0 Å². The quantitative estimate of drug-likeness (QED) is 0.271. The normalized spacial score (nSPS) is 12.3. The summed E-state index contributed by atoms with van der Waals surface area (Å²) in [4.78, 5) is 0. The largest absolute Gasteiger partial charge is 0.429 e. The molecule has 0 aliphatic heterocycles. The third kappa shape index (κ3) is 4.49. The molecule has 1 nitrogen and oxygen atoms in total. The standard InChI is InChI=1S/C28H23F5O/c1-16-13-18(3)25(19(4)14-16)20-7-9-22(10-8-20)28(32,33)34-23-11-12-24-21(15-23)6-5-17(2)26(24)27(29,30)31/h5-15H,1-4H3. The van der Waals surface area contributed by atoms with E-state index in [1.54, 1.807) is 12.1 Å². The molecule has 0 spiro atoms. The summed E-state index contributed by atoms with van der Waals surface area (Å²) in [6.07, 6.45) is -8.22. The van der Waals surface area contributed by atoms with Gasteiger partial charge in [0.1, 0.15) is 5.75 Å². The number of benzene rings is 4. The Balaban J connectivity index is 1.64. The van der Waals surface area contributed by atoms with Gasteiger partial charge < -0.3 is 4.74 Å². The van der Waals surface area contributed by atoms with E-state index in [1.165, 1.54) is 43.3 Å². The van der Waals surface area contributed by atoms with Gasteiger partial charge in [0.05, 0.1) is 11.1 Å². The fourth-order valence-corrected chi connectivity index (χ4v) is 4.53. The van der Waals surface area contributed by atoms with E-state index in [-0.39, 0.29) is 27.6 Å². The molecule has 4 aromatic rings. The van der Waals surface area contributed by atoms with Crippen molar-refractivity contribution in [1.29, 1.82) is 0 Å². The Kier molecular flexibility index (Phi) is 5.88. The predicted molar refractivity (Wildman–Crippen MR) is 124 cm³/mol. The lowest BCUT2D eigenvalue weighted by molar-refractivity contribution is -0.185. The highest BCUT2D eigenvalue weighted by atomic mass is 19.4. The van der Waals surface area contributed by atoms with Gasteiger partial charge in [-0.1, -0.05) is 48.0 Å². The molecule has 0 heterocycles. The number of rotatable bonds is 4. The SMILES string of the molecule is Cc1cc(C)c(-c2ccc(C(F)(F)Oc3ccc4c(C(F)(F)F)c(C)ccc4c3)cc2)c(C)c1. The molecule has 0 aliphatic rings. The van der Waals surface area contributed by atoms with Crippen LogP contribution in [0.3, 0.4) is 0 Å². The van der Waals surface area contributed by atoms with Gasteiger partial charge in [0.2, 0.25) is 0 Å². The van der Waals surface area contributed by atoms with Crippen molar-refractivity contribution < 1.29 is 26.7 Å². The van der Waals surface area contributed by atoms with E-state index in [2.05, 4.69) is 0 Å². The van der Waals surface area contributed by atoms with Crippen LogP contribution < -0.4 is 4.74 Å². The van der Waals surface area contributed by atoms with Crippen molar-refractivity contribution >= 4 is 10.8 Å². The van der Waals surface area contributed by atoms with E-state index in [0.717, 1.165) is 33.9 Å². The molecule has 0 saturated heterocycles. The maximum absolute atomic E-state index is 14.9. The summed E-state index contributed by atoms with van der Waals surface area (Å²) >= 11 is 0. The van der Waals surface area contributed by atoms with Crippen LogP contribution in [0.25, 0.3) is 21.9 Å². The molecule has 0 fully saturated rings. The first-order valence-electron chi connectivity index (χ1n) is 10.7. The minimum Gasteiger partial charge on any atom is -0.429 e. The summed E-state index contributed by atoms with van der Waals surface area (Å²) in [5.74, 6) is -0.219. The molecule has 0 atom stereocenters. The molecule has 0 bridgehead atoms. The number of halogens is 5. The Hall–Kier alpha value is -3.41. The zero-order valence-electron chi connectivity index (χ0n) is 19.1. The van der Waals surface area contributed by atoms with Gasteiger partial charge in [-0.2, -0.15) is 22.0 Å². The summed E-state index contributed by atoms with van der Waals surface area (Å²) in [5, 5.41) is 0.114. The molecule has 0 aromatic heterocycles. The van der Waals surface area contributed by atoms with Gasteiger partial charge in [-0.05, 0) is 90.6 Å². The minimum absolute atomic E-state index is 0.0589. The average Bonchev–Trinajstić information content (AvgIpc) is 2.72. The highest BCUT2D eigenvalue weighted by Crippen LogP contribution is 2.40. The Morgan fingerprint density at radius 3 is 1.85 bits per heavy atom. The highest BCUT2D eigenvalue weighted by Gasteiger charge is 2.36. The number of ether oxygens (including phenoxy) is 1. The van der Waals surface area contributed by atoms with Crippen LogP contribution in [-0.2, 0) is 12.3 Å². The van der Waals surface area contributed by atoms with E-state index < -0.39 is 17.8 Å². The van der Waals surface area contributed by atoms with Crippen molar-refractivity contribution in [3.8, 4) is 16.9 Å². The summed E-state index contributed by atoms with van der Waals surface area (Å²) in [7, 11) is 0. The lowest BCUT2D eigenvalue weighted by Gasteiger charge is -2.20. The summed E-state index contributed by atoms with van der Waals surface area (Å²) in [6.45, 7) is 7.32. The molecule has 0 amide bonds. The summed E-state index contributed by atoms with van der Waals surface area (Å²) < 4.78 is 75.1. The van der Waals surface area contributed by atoms with Crippen molar-refractivity contribution in [2.45, 2.75) is 40.0 Å². The van der Waals surface area contributed by atoms with Crippen LogP contribution in [0.2, 0.25) is 0 Å². The van der Waals surface area contributed by atoms with E-state index in [4.69, 9.17) is 4.74 Å². The molecule has 0 radical (unpaired) electrons. The van der Waals surface area contributed by atoms with Crippen LogP contribution in [0.15, 0.2) is 66.7 Å². The molecule has 0 N–H and O–H groups in total. The van der Waals surface area contributed by atoms with Gasteiger partial charge in [-0.25, -0.2) is 0 Å². The van der Waals surface area contributed by atoms with E-state index in [1.807, 2.05) is 32.9 Å². The third-order valence-electron chi connectivity index (χ3n) is 5.92. The van der Waals surface area contributed by atoms with Gasteiger partial charge in [-0.3, -0.25) is 0 Å². The molecule has 176 valence electrons. The molecule has 6 heteroatoms. The Morgan fingerprint density at radius 1 is 0.647 bits per heavy atom. The maximum Gasteiger partial charge on any atom is 0.426 e. The van der Waals surface area contributed by atoms with Gasteiger partial charge in [0.15, 0.2) is 0 Å². The predicted octanol–water partition coefficient (Wildman–Crippen LogP) is 8.89. The molecular weight excluding hydrogens is 447 g/mol. The Bertz CT molecular complexity index is 1350. The smallest absolute Gasteiger partial charge is 0.426 e. The second-order valence-electron chi connectivity index (χ2n) is 8.61. The third-order valence-corrected chi connectivity index (χ3v) is 5.92. The van der Waals surface area contributed by atoms with E-state index in [9.17, 15) is 22.0 Å². The van der Waals surface area contributed by atoms with Crippen molar-refractivity contribution in [3.63, 3.8) is 0 Å². The van der Waals surface area contributed by atoms with Gasteiger partial charge in [0.25, 0.3) is 0 Å². The lowest BCUT2D eigenvalue weighted by Crippen LogP contribution is -2.21. The second kappa shape index (κ2) is 8.42. The molecule has 0 unspecified atom stereocenters. The second-order valence-corrected chi connectivity index (χ2v) is 8.61. The lowest BCUT2D eigenvalue weighted by atomic mass is 9.93. The maximum atomic E-state index is 14.9. The number of alkyl halides is 5. The highest BCUT2D eigenvalue weighted by molar-refractivity contribution is 5.88. The Morgan fingerprint density at radius 2 is 1.26 bits per heavy atom. The molecule has 0 saturated carbocycles. The van der Waals surface area contributed by atoms with E-state index >= 15 is 0 Å². The molecule has 4 aromatic carbocycles. The zero-order valence-corrected chi connectivity index (χ0v) is 19.1. The molecule has 4 rings (SSSR count). The number of hydrogen-bond donors (Lipinski definition) is 0. The molecule has 34 heavy (non-hydrogen) atoms. The fraction of sp³-hybridized carbons (Fsp3) is 0.214. The van der Waals surface area contributed by atoms with Gasteiger partial charge in [-0.15, -0.1) is 0 Å². The number of hydrogen-bond acceptors (Lipinski definition) is 1. The zero-order chi connectivity index (χ0) is 24.8. The Labute approximate surface area is 194 Å². The van der Waals surface area contributed by atoms with Crippen LogP contribution in [0, 0.1) is 27.7 Å². The van der Waals surface area contributed by atoms with Crippen molar-refractivity contribution in [2.75, 3.05) is 0 Å². The molecular formula is C28H23F5O. The van der Waals surface area contributed by atoms with Gasteiger partial charge in [0, 0.05) is 0 Å². The van der Waals surface area contributed by atoms with Crippen molar-refractivity contribution in [3.05, 3.63) is 100 Å².